The molecule has 1 atom stereocenters. The fourth-order valence-electron chi connectivity index (χ4n) is 4.06. The molecule has 2 aliphatic rings. The van der Waals surface area contributed by atoms with Crippen LogP contribution in [0.15, 0.2) is 66.9 Å². The van der Waals surface area contributed by atoms with Gasteiger partial charge >= 0.3 is 0 Å². The zero-order valence-corrected chi connectivity index (χ0v) is 14.4. The molecule has 2 aliphatic heterocycles. The largest absolute Gasteiger partial charge is 0.491 e. The van der Waals surface area contributed by atoms with Crippen LogP contribution in [0.4, 0.5) is 5.69 Å². The minimum absolute atomic E-state index is 0.0159. The van der Waals surface area contributed by atoms with Gasteiger partial charge in [-0.1, -0.05) is 30.3 Å². The minimum atomic E-state index is -0.866. The van der Waals surface area contributed by atoms with Crippen LogP contribution >= 0.6 is 0 Å². The maximum absolute atomic E-state index is 13.7. The van der Waals surface area contributed by atoms with Crippen LogP contribution in [0.1, 0.15) is 22.4 Å². The smallest absolute Gasteiger partial charge is 0.246 e. The highest BCUT2D eigenvalue weighted by Crippen LogP contribution is 2.52. The Bertz CT molecular complexity index is 1100. The predicted octanol–water partition coefficient (Wildman–Crippen LogP) is 3.18. The molecule has 5 rings (SSSR count). The molecular weight excluding hydrogens is 338 g/mol. The first-order valence-electron chi connectivity index (χ1n) is 8.73. The van der Waals surface area contributed by atoms with E-state index in [0.29, 0.717) is 17.9 Å². The van der Waals surface area contributed by atoms with Gasteiger partial charge in [-0.25, -0.2) is 0 Å². The maximum Gasteiger partial charge on any atom is 0.246 e. The van der Waals surface area contributed by atoms with Gasteiger partial charge in [-0.05, 0) is 35.9 Å². The molecule has 0 saturated heterocycles. The fourth-order valence-corrected chi connectivity index (χ4v) is 4.06. The summed E-state index contributed by atoms with van der Waals surface area (Å²) in [6.07, 6.45) is 1.73. The summed E-state index contributed by atoms with van der Waals surface area (Å²) in [6, 6.07) is 21.0. The molecule has 1 amide bonds. The van der Waals surface area contributed by atoms with Gasteiger partial charge in [-0.2, -0.15) is 5.26 Å². The number of carbonyl (C=O) groups excluding carboxylic acids is 1. The Kier molecular flexibility index (Phi) is 3.28. The van der Waals surface area contributed by atoms with E-state index in [0.717, 1.165) is 22.5 Å². The minimum Gasteiger partial charge on any atom is -0.491 e. The van der Waals surface area contributed by atoms with Crippen molar-refractivity contribution in [3.05, 3.63) is 89.2 Å². The van der Waals surface area contributed by atoms with Crippen molar-refractivity contribution in [2.75, 3.05) is 11.5 Å². The Hall–Kier alpha value is -3.65. The highest BCUT2D eigenvalue weighted by Gasteiger charge is 2.56. The Morgan fingerprint density at radius 3 is 2.78 bits per heavy atom. The molecular formula is C22H15N3O2. The summed E-state index contributed by atoms with van der Waals surface area (Å²) in [6.45, 7) is 0.649. The number of pyridine rings is 1. The molecule has 0 radical (unpaired) electrons. The molecule has 0 aliphatic carbocycles. The van der Waals surface area contributed by atoms with Crippen LogP contribution in [0, 0.1) is 11.3 Å². The van der Waals surface area contributed by atoms with Crippen LogP contribution in [0.25, 0.3) is 0 Å². The number of aromatic nitrogens is 1. The van der Waals surface area contributed by atoms with E-state index >= 15 is 0 Å². The molecule has 5 heteroatoms. The lowest BCUT2D eigenvalue weighted by atomic mass is 9.77. The molecule has 1 unspecified atom stereocenters. The summed E-state index contributed by atoms with van der Waals surface area (Å²) in [5, 5.41) is 9.15. The number of hydrogen-bond donors (Lipinski definition) is 0. The number of benzene rings is 2. The van der Waals surface area contributed by atoms with Crippen molar-refractivity contribution in [1.29, 1.82) is 5.26 Å². The van der Waals surface area contributed by atoms with E-state index in [2.05, 4.69) is 11.1 Å². The topological polar surface area (TPSA) is 66.2 Å². The summed E-state index contributed by atoms with van der Waals surface area (Å²) in [7, 11) is 0. The molecule has 5 nitrogen and oxygen atoms in total. The normalized spacial score (nSPS) is 19.5. The zero-order chi connectivity index (χ0) is 18.4. The van der Waals surface area contributed by atoms with Crippen molar-refractivity contribution in [2.24, 2.45) is 0 Å². The molecule has 1 aromatic heterocycles. The van der Waals surface area contributed by atoms with E-state index < -0.39 is 5.41 Å². The second-order valence-electron chi connectivity index (χ2n) is 6.75. The third-order valence-corrected chi connectivity index (χ3v) is 5.33. The zero-order valence-electron chi connectivity index (χ0n) is 14.4. The van der Waals surface area contributed by atoms with E-state index in [-0.39, 0.29) is 12.5 Å². The number of para-hydroxylation sites is 1. The Morgan fingerprint density at radius 2 is 1.96 bits per heavy atom. The molecule has 27 heavy (non-hydrogen) atoms. The SMILES string of the molecule is N#Cc1ccc2c(c1)OCC21C(=O)N(Cc2ccccn2)c2ccccc21. The van der Waals surface area contributed by atoms with Crippen molar-refractivity contribution in [2.45, 2.75) is 12.0 Å². The number of nitriles is 1. The van der Waals surface area contributed by atoms with Gasteiger partial charge in [0.05, 0.1) is 23.9 Å². The van der Waals surface area contributed by atoms with E-state index in [1.807, 2.05) is 48.5 Å². The Morgan fingerprint density at radius 1 is 1.11 bits per heavy atom. The van der Waals surface area contributed by atoms with Gasteiger partial charge in [0.1, 0.15) is 17.8 Å². The Balaban J connectivity index is 1.66. The van der Waals surface area contributed by atoms with Gasteiger partial charge in [0.25, 0.3) is 0 Å². The van der Waals surface area contributed by atoms with Crippen molar-refractivity contribution in [3.8, 4) is 11.8 Å². The molecule has 0 saturated carbocycles. The number of nitrogens with zero attached hydrogens (tertiary/aromatic N) is 3. The number of rotatable bonds is 2. The number of hydrogen-bond acceptors (Lipinski definition) is 4. The average Bonchev–Trinajstić information content (AvgIpc) is 3.21. The first-order valence-corrected chi connectivity index (χ1v) is 8.73. The van der Waals surface area contributed by atoms with Gasteiger partial charge in [0.2, 0.25) is 5.91 Å². The quantitative estimate of drug-likeness (QED) is 0.710. The second kappa shape index (κ2) is 5.68. The van der Waals surface area contributed by atoms with Gasteiger partial charge in [0, 0.05) is 17.4 Å². The average molecular weight is 353 g/mol. The maximum atomic E-state index is 13.7. The van der Waals surface area contributed by atoms with Crippen LogP contribution in [0.3, 0.4) is 0 Å². The fraction of sp³-hybridized carbons (Fsp3) is 0.136. The van der Waals surface area contributed by atoms with Gasteiger partial charge in [-0.15, -0.1) is 0 Å². The van der Waals surface area contributed by atoms with Crippen LogP contribution in [0.2, 0.25) is 0 Å². The number of amides is 1. The Labute approximate surface area is 156 Å². The van der Waals surface area contributed by atoms with Gasteiger partial charge < -0.3 is 9.64 Å². The monoisotopic (exact) mass is 353 g/mol. The molecule has 0 N–H and O–H groups in total. The third kappa shape index (κ3) is 2.10. The molecule has 130 valence electrons. The first-order chi connectivity index (χ1) is 13.2. The summed E-state index contributed by atoms with van der Waals surface area (Å²) < 4.78 is 5.89. The van der Waals surface area contributed by atoms with Crippen molar-refractivity contribution >= 4 is 11.6 Å². The highest BCUT2D eigenvalue weighted by molar-refractivity contribution is 6.11. The third-order valence-electron chi connectivity index (χ3n) is 5.33. The van der Waals surface area contributed by atoms with Crippen LogP contribution in [-0.4, -0.2) is 17.5 Å². The summed E-state index contributed by atoms with van der Waals surface area (Å²) >= 11 is 0. The van der Waals surface area contributed by atoms with Crippen LogP contribution in [0.5, 0.6) is 5.75 Å². The molecule has 2 aromatic carbocycles. The number of anilines is 1. The second-order valence-corrected chi connectivity index (χ2v) is 6.75. The first kappa shape index (κ1) is 15.6. The summed E-state index contributed by atoms with van der Waals surface area (Å²) in [5.41, 5.74) is 3.13. The molecule has 3 heterocycles. The highest BCUT2D eigenvalue weighted by atomic mass is 16.5. The summed E-state index contributed by atoms with van der Waals surface area (Å²) in [4.78, 5) is 19.8. The predicted molar refractivity (Wildman–Crippen MR) is 99.3 cm³/mol. The van der Waals surface area contributed by atoms with Gasteiger partial charge in [0.15, 0.2) is 0 Å². The summed E-state index contributed by atoms with van der Waals surface area (Å²) in [5.74, 6) is 0.592. The number of ether oxygens (including phenoxy) is 1. The van der Waals surface area contributed by atoms with Crippen LogP contribution in [-0.2, 0) is 16.8 Å². The molecule has 0 bridgehead atoms. The van der Waals surface area contributed by atoms with Crippen molar-refractivity contribution in [3.63, 3.8) is 0 Å². The number of fused-ring (bicyclic) bond motifs is 4. The lowest BCUT2D eigenvalue weighted by molar-refractivity contribution is -0.122. The molecule has 3 aromatic rings. The van der Waals surface area contributed by atoms with E-state index in [9.17, 15) is 4.79 Å². The van der Waals surface area contributed by atoms with E-state index in [1.165, 1.54) is 0 Å². The van der Waals surface area contributed by atoms with Crippen molar-refractivity contribution in [1.82, 2.24) is 4.98 Å². The standard InChI is InChI=1S/C22H15N3O2/c23-12-15-8-9-18-20(11-15)27-14-22(18)17-6-1-2-7-19(17)25(21(22)26)13-16-5-3-4-10-24-16/h1-11H,13-14H2. The van der Waals surface area contributed by atoms with Crippen LogP contribution < -0.4 is 9.64 Å². The lowest BCUT2D eigenvalue weighted by Crippen LogP contribution is -2.42. The number of carbonyl (C=O) groups is 1. The van der Waals surface area contributed by atoms with E-state index in [1.54, 1.807) is 23.2 Å². The lowest BCUT2D eigenvalue weighted by Gasteiger charge is -2.23. The molecule has 1 spiro atoms. The van der Waals surface area contributed by atoms with Gasteiger partial charge in [-0.3, -0.25) is 9.78 Å². The van der Waals surface area contributed by atoms with Crippen molar-refractivity contribution < 1.29 is 9.53 Å². The van der Waals surface area contributed by atoms with E-state index in [4.69, 9.17) is 10.00 Å². The molecule has 0 fully saturated rings.